The fraction of sp³-hybridized carbons (Fsp3) is 0.308. The number of pyridine rings is 1. The van der Waals surface area contributed by atoms with Gasteiger partial charge < -0.3 is 9.88 Å². The summed E-state index contributed by atoms with van der Waals surface area (Å²) in [6.45, 7) is 8.92. The predicted octanol–water partition coefficient (Wildman–Crippen LogP) is 5.50. The third kappa shape index (κ3) is 5.09. The van der Waals surface area contributed by atoms with E-state index in [1.165, 1.54) is 17.3 Å². The van der Waals surface area contributed by atoms with Gasteiger partial charge in [0.05, 0.1) is 17.0 Å². The number of rotatable bonds is 8. The molecule has 0 aliphatic carbocycles. The molecule has 0 saturated carbocycles. The van der Waals surface area contributed by atoms with E-state index in [9.17, 15) is 4.79 Å². The second-order valence-corrected chi connectivity index (χ2v) is 9.10. The molecular formula is C26H29N5OS. The van der Waals surface area contributed by atoms with Crippen LogP contribution < -0.4 is 5.32 Å². The molecule has 0 spiro atoms. The molecule has 1 N–H and O–H groups in total. The van der Waals surface area contributed by atoms with E-state index >= 15 is 0 Å². The lowest BCUT2D eigenvalue weighted by Gasteiger charge is -2.13. The maximum Gasteiger partial charge on any atom is 0.230 e. The first-order valence-electron chi connectivity index (χ1n) is 11.3. The molecule has 0 fully saturated rings. The number of carbonyl (C=O) groups is 1. The van der Waals surface area contributed by atoms with Crippen molar-refractivity contribution in [2.24, 2.45) is 0 Å². The summed E-state index contributed by atoms with van der Waals surface area (Å²) in [5.74, 6) is 1.11. The molecule has 0 bridgehead atoms. The molecule has 4 rings (SSSR count). The van der Waals surface area contributed by atoms with E-state index in [4.69, 9.17) is 4.98 Å². The van der Waals surface area contributed by atoms with Gasteiger partial charge in [-0.3, -0.25) is 4.79 Å². The zero-order chi connectivity index (χ0) is 23.4. The van der Waals surface area contributed by atoms with Crippen LogP contribution >= 0.6 is 11.8 Å². The van der Waals surface area contributed by atoms with Gasteiger partial charge in [-0.05, 0) is 39.3 Å². The summed E-state index contributed by atoms with van der Waals surface area (Å²) in [4.78, 5) is 17.2. The number of hydrogen-bond acceptors (Lipinski definition) is 5. The second-order valence-electron chi connectivity index (χ2n) is 8.15. The fourth-order valence-corrected chi connectivity index (χ4v) is 4.47. The van der Waals surface area contributed by atoms with Crippen LogP contribution in [0.25, 0.3) is 33.5 Å². The first-order chi connectivity index (χ1) is 16.0. The SMILES string of the molecule is CC[C@@H](C)NC(=O)CSc1nnc(-c2cc(-c3ccc(C)cc3)nc3ccccc23)n1CC. The van der Waals surface area contributed by atoms with Gasteiger partial charge in [0.1, 0.15) is 0 Å². The van der Waals surface area contributed by atoms with Gasteiger partial charge in [-0.2, -0.15) is 0 Å². The van der Waals surface area contributed by atoms with E-state index in [1.54, 1.807) is 0 Å². The van der Waals surface area contributed by atoms with Crippen molar-refractivity contribution in [3.8, 4) is 22.6 Å². The molecule has 0 aliphatic rings. The summed E-state index contributed by atoms with van der Waals surface area (Å²) >= 11 is 1.42. The summed E-state index contributed by atoms with van der Waals surface area (Å²) in [5.41, 5.74) is 5.08. The van der Waals surface area contributed by atoms with Gasteiger partial charge in [-0.25, -0.2) is 4.98 Å². The Morgan fingerprint density at radius 2 is 1.85 bits per heavy atom. The molecule has 0 aliphatic heterocycles. The van der Waals surface area contributed by atoms with Gasteiger partial charge in [0.2, 0.25) is 5.91 Å². The number of hydrogen-bond donors (Lipinski definition) is 1. The number of amides is 1. The summed E-state index contributed by atoms with van der Waals surface area (Å²) < 4.78 is 2.07. The highest BCUT2D eigenvalue weighted by molar-refractivity contribution is 7.99. The van der Waals surface area contributed by atoms with Crippen molar-refractivity contribution in [1.29, 1.82) is 0 Å². The molecule has 0 unspecified atom stereocenters. The number of thioether (sulfide) groups is 1. The fourth-order valence-electron chi connectivity index (χ4n) is 3.66. The van der Waals surface area contributed by atoms with Crippen LogP contribution in [0.5, 0.6) is 0 Å². The minimum atomic E-state index is 0.0116. The lowest BCUT2D eigenvalue weighted by molar-refractivity contribution is -0.119. The van der Waals surface area contributed by atoms with E-state index in [-0.39, 0.29) is 11.9 Å². The maximum absolute atomic E-state index is 12.3. The lowest BCUT2D eigenvalue weighted by atomic mass is 10.0. The van der Waals surface area contributed by atoms with Gasteiger partial charge in [0.15, 0.2) is 11.0 Å². The first kappa shape index (κ1) is 23.0. The Bertz CT molecular complexity index is 1270. The summed E-state index contributed by atoms with van der Waals surface area (Å²) in [6, 6.07) is 18.7. The molecule has 2 aromatic heterocycles. The minimum absolute atomic E-state index is 0.0116. The van der Waals surface area contributed by atoms with Crippen LogP contribution in [-0.2, 0) is 11.3 Å². The topological polar surface area (TPSA) is 72.7 Å². The van der Waals surface area contributed by atoms with Crippen molar-refractivity contribution in [3.05, 3.63) is 60.2 Å². The molecule has 2 heterocycles. The third-order valence-electron chi connectivity index (χ3n) is 5.69. The van der Waals surface area contributed by atoms with Gasteiger partial charge in [-0.15, -0.1) is 10.2 Å². The monoisotopic (exact) mass is 459 g/mol. The average Bonchev–Trinajstić information content (AvgIpc) is 3.25. The Labute approximate surface area is 198 Å². The number of fused-ring (bicyclic) bond motifs is 1. The van der Waals surface area contributed by atoms with E-state index in [2.05, 4.69) is 77.3 Å². The normalized spacial score (nSPS) is 12.1. The van der Waals surface area contributed by atoms with E-state index in [0.717, 1.165) is 45.1 Å². The van der Waals surface area contributed by atoms with Gasteiger partial charge in [0.25, 0.3) is 0 Å². The average molecular weight is 460 g/mol. The predicted molar refractivity (Wildman–Crippen MR) is 135 cm³/mol. The quantitative estimate of drug-likeness (QED) is 0.353. The van der Waals surface area contributed by atoms with Gasteiger partial charge >= 0.3 is 0 Å². The largest absolute Gasteiger partial charge is 0.353 e. The number of para-hydroxylation sites is 1. The maximum atomic E-state index is 12.3. The summed E-state index contributed by atoms with van der Waals surface area (Å²) in [7, 11) is 0. The first-order valence-corrected chi connectivity index (χ1v) is 12.3. The molecule has 33 heavy (non-hydrogen) atoms. The Hall–Kier alpha value is -3.19. The van der Waals surface area contributed by atoms with E-state index in [0.29, 0.717) is 12.3 Å². The molecule has 1 atom stereocenters. The van der Waals surface area contributed by atoms with Gasteiger partial charge in [-0.1, -0.05) is 66.7 Å². The number of benzene rings is 2. The lowest BCUT2D eigenvalue weighted by Crippen LogP contribution is -2.33. The summed E-state index contributed by atoms with van der Waals surface area (Å²) in [6.07, 6.45) is 0.907. The third-order valence-corrected chi connectivity index (χ3v) is 6.66. The molecule has 0 radical (unpaired) electrons. The Balaban J connectivity index is 1.72. The molecular weight excluding hydrogens is 430 g/mol. The standard InChI is InChI=1S/C26H29N5OS/c1-5-18(4)27-24(32)16-33-26-30-29-25(31(26)6-2)21-15-23(19-13-11-17(3)12-14-19)28-22-10-8-7-9-20(21)22/h7-15,18H,5-6,16H2,1-4H3,(H,27,32)/t18-/m1/s1. The molecule has 0 saturated heterocycles. The number of nitrogens with zero attached hydrogens (tertiary/aromatic N) is 4. The number of carbonyl (C=O) groups excluding carboxylic acids is 1. The minimum Gasteiger partial charge on any atom is -0.353 e. The Kier molecular flexibility index (Phi) is 7.08. The molecule has 2 aromatic carbocycles. The summed E-state index contributed by atoms with van der Waals surface area (Å²) in [5, 5.41) is 13.7. The van der Waals surface area contributed by atoms with E-state index in [1.807, 2.05) is 25.1 Å². The van der Waals surface area contributed by atoms with Crippen LogP contribution in [0, 0.1) is 6.92 Å². The Morgan fingerprint density at radius 1 is 1.09 bits per heavy atom. The molecule has 1 amide bonds. The van der Waals surface area contributed by atoms with Crippen molar-refractivity contribution in [2.45, 2.75) is 51.9 Å². The smallest absolute Gasteiger partial charge is 0.230 e. The molecule has 170 valence electrons. The van der Waals surface area contributed by atoms with Crippen molar-refractivity contribution in [3.63, 3.8) is 0 Å². The van der Waals surface area contributed by atoms with Crippen LogP contribution in [0.1, 0.15) is 32.8 Å². The molecule has 4 aromatic rings. The number of aromatic nitrogens is 4. The van der Waals surface area contributed by atoms with Crippen molar-refractivity contribution in [1.82, 2.24) is 25.1 Å². The zero-order valence-corrected chi connectivity index (χ0v) is 20.3. The van der Waals surface area contributed by atoms with E-state index < -0.39 is 0 Å². The number of nitrogens with one attached hydrogen (secondary N) is 1. The van der Waals surface area contributed by atoms with Gasteiger partial charge in [0, 0.05) is 29.1 Å². The zero-order valence-electron chi connectivity index (χ0n) is 19.5. The molecule has 6 nitrogen and oxygen atoms in total. The van der Waals surface area contributed by atoms with Crippen molar-refractivity contribution >= 4 is 28.6 Å². The van der Waals surface area contributed by atoms with Crippen LogP contribution in [-0.4, -0.2) is 37.5 Å². The van der Waals surface area contributed by atoms with Crippen LogP contribution in [0.4, 0.5) is 0 Å². The second kappa shape index (κ2) is 10.2. The van der Waals surface area contributed by atoms with Crippen molar-refractivity contribution in [2.75, 3.05) is 5.75 Å². The number of aryl methyl sites for hydroxylation is 1. The highest BCUT2D eigenvalue weighted by atomic mass is 32.2. The molecule has 7 heteroatoms. The van der Waals surface area contributed by atoms with Crippen molar-refractivity contribution < 1.29 is 4.79 Å². The highest BCUT2D eigenvalue weighted by Crippen LogP contribution is 2.33. The highest BCUT2D eigenvalue weighted by Gasteiger charge is 2.18. The van der Waals surface area contributed by atoms with Crippen LogP contribution in [0.15, 0.2) is 59.8 Å². The Morgan fingerprint density at radius 3 is 2.58 bits per heavy atom. The van der Waals surface area contributed by atoms with Crippen LogP contribution in [0.3, 0.4) is 0 Å². The van der Waals surface area contributed by atoms with Crippen LogP contribution in [0.2, 0.25) is 0 Å².